The van der Waals surface area contributed by atoms with Gasteiger partial charge in [0.2, 0.25) is 0 Å². The maximum Gasteiger partial charge on any atom is 1.00 e. The molecule has 7 N–H and O–H groups in total. The van der Waals surface area contributed by atoms with Crippen LogP contribution in [0.1, 0.15) is 30.5 Å². The summed E-state index contributed by atoms with van der Waals surface area (Å²) < 4.78 is 0. The Morgan fingerprint density at radius 1 is 0.579 bits per heavy atom. The van der Waals surface area contributed by atoms with Gasteiger partial charge in [-0.05, 0) is 0 Å². The summed E-state index contributed by atoms with van der Waals surface area (Å²) in [5.74, 6) is -3.33. The Morgan fingerprint density at radius 2 is 0.579 bits per heavy atom. The van der Waals surface area contributed by atoms with Crippen molar-refractivity contribution in [3.05, 3.63) is 0 Å². The van der Waals surface area contributed by atoms with E-state index in [0.29, 0.717) is 0 Å². The molecule has 0 amide bonds. The Morgan fingerprint density at radius 3 is 0.579 bits per heavy atom. The normalized spacial score (nSPS) is 5.26. The van der Waals surface area contributed by atoms with E-state index < -0.39 is 23.9 Å². The van der Waals surface area contributed by atoms with E-state index in [1.807, 2.05) is 0 Å². The zero-order chi connectivity index (χ0) is 14.3. The van der Waals surface area contributed by atoms with E-state index in [9.17, 15) is 0 Å². The van der Waals surface area contributed by atoms with Crippen LogP contribution in [0.15, 0.2) is 0 Å². The van der Waals surface area contributed by atoms with Crippen molar-refractivity contribution in [2.75, 3.05) is 0 Å². The van der Waals surface area contributed by atoms with Crippen LogP contribution in [0.4, 0.5) is 0 Å². The maximum atomic E-state index is 9.00. The molecule has 0 aromatic heterocycles. The van der Waals surface area contributed by atoms with Gasteiger partial charge in [-0.3, -0.25) is 19.2 Å². The van der Waals surface area contributed by atoms with Crippen molar-refractivity contribution < 1.29 is 102 Å². The van der Waals surface area contributed by atoms with Gasteiger partial charge in [0.15, 0.2) is 0 Å². The summed E-state index contributed by atoms with van der Waals surface area (Å²) in [6, 6.07) is 0. The van der Waals surface area contributed by atoms with Gasteiger partial charge in [-0.25, -0.2) is 0 Å². The van der Waals surface area contributed by atoms with Crippen molar-refractivity contribution in [1.29, 1.82) is 0 Å². The van der Waals surface area contributed by atoms with Crippen molar-refractivity contribution in [2.45, 2.75) is 27.7 Å². The van der Waals surface area contributed by atoms with Crippen LogP contribution >= 0.6 is 0 Å². The molecule has 0 aliphatic heterocycles. The Hall–Kier alpha value is -0.160. The van der Waals surface area contributed by atoms with Gasteiger partial charge in [-0.15, -0.1) is 0 Å². The minimum absolute atomic E-state index is 0. The van der Waals surface area contributed by atoms with E-state index in [1.165, 1.54) is 0 Å². The van der Waals surface area contributed by atoms with E-state index in [4.69, 9.17) is 39.6 Å². The second-order valence-electron chi connectivity index (χ2n) is 2.08. The Labute approximate surface area is 158 Å². The van der Waals surface area contributed by atoms with E-state index in [2.05, 4.69) is 0 Å². The van der Waals surface area contributed by atoms with Gasteiger partial charge in [-0.1, -0.05) is 0 Å². The number of carbonyl (C=O) groups is 4. The number of hydrogen-bond donors (Lipinski definition) is 5. The molecule has 19 heavy (non-hydrogen) atoms. The molecule has 108 valence electrons. The number of carboxylic acid groups (broad SMARTS) is 4. The maximum absolute atomic E-state index is 9.00. The van der Waals surface area contributed by atoms with Crippen molar-refractivity contribution in [1.82, 2.24) is 6.15 Å². The molecule has 9 nitrogen and oxygen atoms in total. The molecule has 0 atom stereocenters. The Kier molecular flexibility index (Phi) is 81.2. The van der Waals surface area contributed by atoms with Gasteiger partial charge in [-0.2, -0.15) is 0 Å². The predicted molar refractivity (Wildman–Crippen MR) is 60.5 cm³/mol. The number of rotatable bonds is 0. The van der Waals surface area contributed by atoms with Crippen LogP contribution in [0.25, 0.3) is 0 Å². The summed E-state index contributed by atoms with van der Waals surface area (Å²) in [7, 11) is 0. The molecular formula is C8H21NNa2O8. The van der Waals surface area contributed by atoms with Crippen LogP contribution in [-0.2, 0) is 19.2 Å². The molecule has 0 spiro atoms. The summed E-state index contributed by atoms with van der Waals surface area (Å²) in [5.41, 5.74) is 0. The standard InChI is InChI=1S/4C2H4O2.H3N.2Na.2H/c4*1-2(3)4;;;;;/h4*1H3,(H,3,4);1H3;;;;/q;;;;;2*+1;2*-1. The van der Waals surface area contributed by atoms with Gasteiger partial charge >= 0.3 is 59.1 Å². The van der Waals surface area contributed by atoms with Gasteiger partial charge in [0.1, 0.15) is 0 Å². The smallest absolute Gasteiger partial charge is 1.00 e. The van der Waals surface area contributed by atoms with Gasteiger partial charge < -0.3 is 29.4 Å². The van der Waals surface area contributed by atoms with E-state index in [0.717, 1.165) is 27.7 Å². The quantitative estimate of drug-likeness (QED) is 0.273. The number of hydrogen-bond acceptors (Lipinski definition) is 5. The van der Waals surface area contributed by atoms with Crippen LogP contribution < -0.4 is 65.3 Å². The summed E-state index contributed by atoms with van der Waals surface area (Å²) in [6.45, 7) is 4.33. The Bertz CT molecular complexity index is 180. The summed E-state index contributed by atoms with van der Waals surface area (Å²) >= 11 is 0. The van der Waals surface area contributed by atoms with Gasteiger partial charge in [0.05, 0.1) is 0 Å². The topological polar surface area (TPSA) is 184 Å². The zero-order valence-corrected chi connectivity index (χ0v) is 16.1. The fourth-order valence-corrected chi connectivity index (χ4v) is 0. The van der Waals surface area contributed by atoms with Crippen LogP contribution in [-0.4, -0.2) is 44.3 Å². The summed E-state index contributed by atoms with van der Waals surface area (Å²) in [6.07, 6.45) is 0. The molecule has 11 heteroatoms. The van der Waals surface area contributed by atoms with E-state index >= 15 is 0 Å². The van der Waals surface area contributed by atoms with Crippen LogP contribution in [0.3, 0.4) is 0 Å². The first-order valence-electron chi connectivity index (χ1n) is 3.71. The van der Waals surface area contributed by atoms with Crippen molar-refractivity contribution in [3.8, 4) is 0 Å². The molecule has 0 aromatic carbocycles. The average Bonchev–Trinajstić information content (AvgIpc) is 1.76. The first kappa shape index (κ1) is 42.8. The van der Waals surface area contributed by atoms with Crippen molar-refractivity contribution in [2.24, 2.45) is 0 Å². The van der Waals surface area contributed by atoms with E-state index in [-0.39, 0.29) is 68.1 Å². The van der Waals surface area contributed by atoms with Crippen LogP contribution in [0.5, 0.6) is 0 Å². The molecule has 0 aromatic rings. The molecule has 0 rings (SSSR count). The van der Waals surface area contributed by atoms with E-state index in [1.54, 1.807) is 0 Å². The van der Waals surface area contributed by atoms with Crippen molar-refractivity contribution in [3.63, 3.8) is 0 Å². The predicted octanol–water partition coefficient (Wildman–Crippen LogP) is -5.24. The fourth-order valence-electron chi connectivity index (χ4n) is 0. The molecule has 0 unspecified atom stereocenters. The number of carboxylic acids is 4. The molecule has 0 aliphatic carbocycles. The fraction of sp³-hybridized carbons (Fsp3) is 0.500. The first-order valence-corrected chi connectivity index (χ1v) is 3.71. The molecule has 0 radical (unpaired) electrons. The SMILES string of the molecule is CC(=O)O.CC(=O)O.CC(=O)O.CC(=O)O.N.[H-].[H-].[Na+].[Na+]. The molecule has 0 fully saturated rings. The molecular weight excluding hydrogens is 284 g/mol. The second kappa shape index (κ2) is 36.1. The third kappa shape index (κ3) is 175000. The van der Waals surface area contributed by atoms with Crippen LogP contribution in [0, 0.1) is 0 Å². The van der Waals surface area contributed by atoms with Crippen LogP contribution in [0.2, 0.25) is 0 Å². The first-order chi connectivity index (χ1) is 6.93. The van der Waals surface area contributed by atoms with Gasteiger partial charge in [0, 0.05) is 27.7 Å². The average molecular weight is 305 g/mol. The molecule has 0 aliphatic rings. The third-order valence-corrected chi connectivity index (χ3v) is 0. The molecule has 0 bridgehead atoms. The minimum Gasteiger partial charge on any atom is -1.00 e. The summed E-state index contributed by atoms with van der Waals surface area (Å²) in [5, 5.41) is 29.7. The monoisotopic (exact) mass is 305 g/mol. The van der Waals surface area contributed by atoms with Gasteiger partial charge in [0.25, 0.3) is 23.9 Å². The van der Waals surface area contributed by atoms with Crippen molar-refractivity contribution >= 4 is 23.9 Å². The second-order valence-corrected chi connectivity index (χ2v) is 2.08. The minimum atomic E-state index is -0.833. The summed E-state index contributed by atoms with van der Waals surface area (Å²) in [4.78, 5) is 36.0. The third-order valence-electron chi connectivity index (χ3n) is 0. The zero-order valence-electron chi connectivity index (χ0n) is 14.1. The largest absolute Gasteiger partial charge is 1.00 e. The molecule has 0 heterocycles. The molecule has 0 saturated heterocycles. The Balaban J connectivity index is -0.0000000121. The number of aliphatic carboxylic acids is 4. The molecule has 0 saturated carbocycles.